The number of anilines is 3. The van der Waals surface area contributed by atoms with Crippen molar-refractivity contribution in [2.45, 2.75) is 0 Å². The monoisotopic (exact) mass is 443 g/mol. The first-order valence-corrected chi connectivity index (χ1v) is 11.5. The highest BCUT2D eigenvalue weighted by molar-refractivity contribution is 7.13. The maximum atomic E-state index is 4.83. The first kappa shape index (κ1) is 20.4. The van der Waals surface area contributed by atoms with Crippen LogP contribution >= 0.6 is 11.3 Å². The Morgan fingerprint density at radius 3 is 2.56 bits per heavy atom. The standard InChI is InChI=1S/C24H25N7S/c1-30-11-13-31(14-12-30)24-17-22(25-21(27-24)10-9-18-6-3-2-4-7-18)26-23-16-19(28-29-23)20-8-5-15-32-20/h2-10,15-17H,11-14H2,1H3,(H2,25,26,27,28,29)/b10-9+. The van der Waals surface area contributed by atoms with Gasteiger partial charge in [0.25, 0.3) is 0 Å². The lowest BCUT2D eigenvalue weighted by Gasteiger charge is -2.33. The van der Waals surface area contributed by atoms with Crippen LogP contribution < -0.4 is 10.2 Å². The van der Waals surface area contributed by atoms with Crippen LogP contribution in [0.1, 0.15) is 11.4 Å². The van der Waals surface area contributed by atoms with E-state index in [1.807, 2.05) is 48.6 Å². The van der Waals surface area contributed by atoms with Crippen LogP contribution in [-0.2, 0) is 0 Å². The number of hydrogen-bond acceptors (Lipinski definition) is 7. The highest BCUT2D eigenvalue weighted by atomic mass is 32.1. The SMILES string of the molecule is CN1CCN(c2cc(Nc3cc(-c4cccs4)[nH]n3)nc(/C=C/c3ccccc3)n2)CC1. The van der Waals surface area contributed by atoms with Gasteiger partial charge in [0.1, 0.15) is 11.6 Å². The number of piperazine rings is 1. The van der Waals surface area contributed by atoms with Crippen LogP contribution in [0.5, 0.6) is 0 Å². The lowest BCUT2D eigenvalue weighted by molar-refractivity contribution is 0.312. The molecule has 162 valence electrons. The number of nitrogens with one attached hydrogen (secondary N) is 2. The molecule has 32 heavy (non-hydrogen) atoms. The zero-order chi connectivity index (χ0) is 21.8. The van der Waals surface area contributed by atoms with Crippen LogP contribution in [0, 0.1) is 0 Å². The van der Waals surface area contributed by atoms with Gasteiger partial charge in [0.15, 0.2) is 11.6 Å². The molecular weight excluding hydrogens is 418 g/mol. The van der Waals surface area contributed by atoms with Crippen LogP contribution in [0.4, 0.5) is 17.5 Å². The van der Waals surface area contributed by atoms with Crippen LogP contribution in [0.25, 0.3) is 22.7 Å². The van der Waals surface area contributed by atoms with Crippen molar-refractivity contribution in [2.24, 2.45) is 0 Å². The van der Waals surface area contributed by atoms with Gasteiger partial charge in [-0.15, -0.1) is 11.3 Å². The first-order chi connectivity index (χ1) is 15.7. The summed E-state index contributed by atoms with van der Waals surface area (Å²) in [6.45, 7) is 3.93. The predicted octanol–water partition coefficient (Wildman–Crippen LogP) is 4.59. The average Bonchev–Trinajstić information content (AvgIpc) is 3.51. The van der Waals surface area contributed by atoms with Crippen molar-refractivity contribution < 1.29 is 0 Å². The van der Waals surface area contributed by atoms with E-state index in [0.717, 1.165) is 59.8 Å². The van der Waals surface area contributed by atoms with Crippen molar-refractivity contribution >= 4 is 40.9 Å². The van der Waals surface area contributed by atoms with E-state index >= 15 is 0 Å². The van der Waals surface area contributed by atoms with E-state index in [1.165, 1.54) is 0 Å². The third-order valence-corrected chi connectivity index (χ3v) is 6.31. The molecule has 7 nitrogen and oxygen atoms in total. The number of H-pyrrole nitrogens is 1. The second-order valence-corrected chi connectivity index (χ2v) is 8.72. The van der Waals surface area contributed by atoms with E-state index in [0.29, 0.717) is 5.82 Å². The fraction of sp³-hybridized carbons (Fsp3) is 0.208. The fourth-order valence-electron chi connectivity index (χ4n) is 3.60. The van der Waals surface area contributed by atoms with Gasteiger partial charge < -0.3 is 15.1 Å². The van der Waals surface area contributed by atoms with E-state index < -0.39 is 0 Å². The number of rotatable bonds is 6. The van der Waals surface area contributed by atoms with Gasteiger partial charge in [-0.1, -0.05) is 42.5 Å². The van der Waals surface area contributed by atoms with Crippen molar-refractivity contribution in [1.82, 2.24) is 25.1 Å². The van der Waals surface area contributed by atoms with Crippen LogP contribution in [-0.4, -0.2) is 58.3 Å². The lowest BCUT2D eigenvalue weighted by Crippen LogP contribution is -2.44. The highest BCUT2D eigenvalue weighted by Crippen LogP contribution is 2.26. The minimum absolute atomic E-state index is 0.668. The first-order valence-electron chi connectivity index (χ1n) is 10.6. The Hall–Kier alpha value is -3.49. The molecule has 4 aromatic rings. The van der Waals surface area contributed by atoms with Gasteiger partial charge in [0, 0.05) is 38.3 Å². The number of likely N-dealkylation sites (N-methyl/N-ethyl adjacent to an activating group) is 1. The molecule has 1 fully saturated rings. The van der Waals surface area contributed by atoms with Crippen molar-refractivity contribution in [3.8, 4) is 10.6 Å². The number of thiophene rings is 1. The lowest BCUT2D eigenvalue weighted by atomic mass is 10.2. The average molecular weight is 444 g/mol. The highest BCUT2D eigenvalue weighted by Gasteiger charge is 2.17. The zero-order valence-electron chi connectivity index (χ0n) is 17.9. The molecule has 5 rings (SSSR count). The second kappa shape index (κ2) is 9.33. The van der Waals surface area contributed by atoms with Crippen molar-refractivity contribution in [3.63, 3.8) is 0 Å². The van der Waals surface area contributed by atoms with E-state index in [4.69, 9.17) is 9.97 Å². The minimum atomic E-state index is 0.668. The molecule has 0 aliphatic carbocycles. The quantitative estimate of drug-likeness (QED) is 0.454. The predicted molar refractivity (Wildman–Crippen MR) is 132 cm³/mol. The molecule has 0 saturated carbocycles. The van der Waals surface area contributed by atoms with Crippen LogP contribution in [0.15, 0.2) is 60.0 Å². The summed E-state index contributed by atoms with van der Waals surface area (Å²) in [6, 6.07) is 18.3. The smallest absolute Gasteiger partial charge is 0.156 e. The Morgan fingerprint density at radius 2 is 1.78 bits per heavy atom. The van der Waals surface area contributed by atoms with Crippen molar-refractivity contribution in [2.75, 3.05) is 43.4 Å². The second-order valence-electron chi connectivity index (χ2n) is 7.77. The van der Waals surface area contributed by atoms with Crippen LogP contribution in [0.3, 0.4) is 0 Å². The van der Waals surface area contributed by atoms with Gasteiger partial charge in [-0.3, -0.25) is 5.10 Å². The molecule has 0 atom stereocenters. The van der Waals surface area contributed by atoms with Gasteiger partial charge in [0.05, 0.1) is 10.6 Å². The molecule has 3 aromatic heterocycles. The number of benzene rings is 1. The fourth-order valence-corrected chi connectivity index (χ4v) is 4.29. The maximum Gasteiger partial charge on any atom is 0.156 e. The van der Waals surface area contributed by atoms with Gasteiger partial charge in [0.2, 0.25) is 0 Å². The van der Waals surface area contributed by atoms with E-state index in [9.17, 15) is 0 Å². The minimum Gasteiger partial charge on any atom is -0.354 e. The summed E-state index contributed by atoms with van der Waals surface area (Å²) in [6.07, 6.45) is 4.00. The summed E-state index contributed by atoms with van der Waals surface area (Å²) >= 11 is 1.68. The molecule has 1 aliphatic heterocycles. The molecule has 4 heterocycles. The molecule has 1 aliphatic rings. The molecule has 0 radical (unpaired) electrons. The number of nitrogens with zero attached hydrogens (tertiary/aromatic N) is 5. The molecule has 1 saturated heterocycles. The van der Waals surface area contributed by atoms with Gasteiger partial charge in [-0.2, -0.15) is 5.10 Å². The molecular formula is C24H25N7S. The third kappa shape index (κ3) is 4.87. The Bertz CT molecular complexity index is 1180. The molecule has 2 N–H and O–H groups in total. The summed E-state index contributed by atoms with van der Waals surface area (Å²) in [7, 11) is 2.15. The molecule has 0 bridgehead atoms. The third-order valence-electron chi connectivity index (χ3n) is 5.40. The molecule has 0 unspecified atom stereocenters. The summed E-state index contributed by atoms with van der Waals surface area (Å²) in [4.78, 5) is 15.4. The zero-order valence-corrected chi connectivity index (χ0v) is 18.7. The largest absolute Gasteiger partial charge is 0.354 e. The van der Waals surface area contributed by atoms with E-state index in [-0.39, 0.29) is 0 Å². The van der Waals surface area contributed by atoms with Gasteiger partial charge in [-0.05, 0) is 30.1 Å². The van der Waals surface area contributed by atoms with E-state index in [2.05, 4.69) is 55.9 Å². The topological polar surface area (TPSA) is 73.0 Å². The van der Waals surface area contributed by atoms with Crippen LogP contribution in [0.2, 0.25) is 0 Å². The number of hydrogen-bond donors (Lipinski definition) is 2. The summed E-state index contributed by atoms with van der Waals surface area (Å²) in [5.41, 5.74) is 2.10. The number of aromatic nitrogens is 4. The van der Waals surface area contributed by atoms with Gasteiger partial charge in [-0.25, -0.2) is 9.97 Å². The molecule has 0 spiro atoms. The summed E-state index contributed by atoms with van der Waals surface area (Å²) < 4.78 is 0. The van der Waals surface area contributed by atoms with Crippen molar-refractivity contribution in [1.29, 1.82) is 0 Å². The maximum absolute atomic E-state index is 4.83. The molecule has 8 heteroatoms. The summed E-state index contributed by atoms with van der Waals surface area (Å²) in [5, 5.41) is 12.9. The molecule has 0 amide bonds. The van der Waals surface area contributed by atoms with Gasteiger partial charge >= 0.3 is 0 Å². The Morgan fingerprint density at radius 1 is 0.938 bits per heavy atom. The Kier molecular flexibility index (Phi) is 5.96. The Balaban J connectivity index is 1.42. The van der Waals surface area contributed by atoms with Crippen molar-refractivity contribution in [3.05, 3.63) is 71.4 Å². The number of aromatic amines is 1. The Labute approximate surface area is 191 Å². The molecule has 1 aromatic carbocycles. The van der Waals surface area contributed by atoms with E-state index in [1.54, 1.807) is 11.3 Å². The summed E-state index contributed by atoms with van der Waals surface area (Å²) in [5.74, 6) is 3.06. The normalized spacial score (nSPS) is 14.8.